The Labute approximate surface area is 776 Å². The first-order valence-corrected chi connectivity index (χ1v) is 38.5. The van der Waals surface area contributed by atoms with Gasteiger partial charge in [-0.1, -0.05) is 37.8 Å². The van der Waals surface area contributed by atoms with E-state index < -0.39 is 113 Å². The summed E-state index contributed by atoms with van der Waals surface area (Å²) < 4.78 is 159. The standard InChI is InChI=1S/C15H16BF2N4O6.C14H16BN4O4.C13H12BF2N4O6.C12H12F2N4O5.C11H12BN4O4.C4H5BrF2O2.CH4.2Li/c1-2-25-13(23)15(17,18)28-22-11-6-21(14(22)24)9(4-16-27-7-19)3-10(11)12-5-20-8-26-12;1-2-3-23-19-12-7-18(14(19)20)10(5-15-22-8-16)4-11(12)13-6-17-9-21-13;15-13(16,11(21)22)26-20-9-4-19(12(20)23)7(2-14-25-5-17)1-8(9)10-3-18-6-24-10;13-12(14,10(19)20)23-18-8-4-17(11(18)21)6(2-15)1-7(8)9-3-16-5-22-9;13-5-20-12-2-7-1-8(10-3-14-6-19-10)9-4-15(7)11(17)16(9)18;1-2-9-3(8)4(5,6)7;;;/h3,5,7-9,11,19H,2,4,6H2,1H3;2,4,6,8-10,12,16H,1,3,5,7H2;1,3,5-7,9,17H,2,4H2,(H,21,22);1,3,5-6,8H,2,4,15H2,(H,19,20);1,3,5-7,9,13,18H,2,4H2;2H2,1H3;1H4;;/q;;;;;;;2*+1/p-1/t9-,11?;10-,12?;7-,9?;6-,8?;7-,9?;;;;/m00000..../s1. The summed E-state index contributed by atoms with van der Waals surface area (Å²) in [4.78, 5) is 145. The van der Waals surface area contributed by atoms with Crippen molar-refractivity contribution in [3.05, 3.63) is 135 Å². The number of carboxylic acid groups (broad SMARTS) is 2. The quantitative estimate of drug-likeness (QED) is 0.00265. The average Bonchev–Trinajstić information content (AvgIpc) is 1.73. The Hall–Kier alpha value is -12.3. The number of aliphatic carboxylic acids is 2. The molecule has 5 saturated heterocycles. The third-order valence-corrected chi connectivity index (χ3v) is 19.8. The van der Waals surface area contributed by atoms with E-state index in [2.05, 4.69) is 61.2 Å². The van der Waals surface area contributed by atoms with E-state index in [0.29, 0.717) is 93.6 Å². The predicted molar refractivity (Wildman–Crippen MR) is 419 cm³/mol. The van der Waals surface area contributed by atoms with E-state index >= 15 is 0 Å². The molecular weight excluding hydrogens is 1840 g/mol. The Bertz CT molecular complexity index is 4980. The summed E-state index contributed by atoms with van der Waals surface area (Å²) in [6, 6.07) is -9.05. The number of esters is 2. The molecule has 10 bridgehead atoms. The minimum Gasteiger partial charge on any atom is -0.556 e. The number of hydroxylamine groups is 10. The molecule has 0 aromatic carbocycles. The van der Waals surface area contributed by atoms with E-state index in [1.165, 1.54) is 94.9 Å². The molecule has 62 heteroatoms. The van der Waals surface area contributed by atoms with Crippen molar-refractivity contribution >= 4 is 153 Å². The molecule has 15 heterocycles. The van der Waals surface area contributed by atoms with Gasteiger partial charge in [0.25, 0.3) is 0 Å². The van der Waals surface area contributed by atoms with E-state index in [9.17, 15) is 93.7 Å². The number of hydrogen-bond acceptors (Lipinski definition) is 36. The van der Waals surface area contributed by atoms with Gasteiger partial charge in [-0.2, -0.15) is 75.0 Å². The van der Waals surface area contributed by atoms with Crippen LogP contribution in [0.1, 0.15) is 50.1 Å². The van der Waals surface area contributed by atoms with Gasteiger partial charge in [0.1, 0.15) is 73.8 Å². The van der Waals surface area contributed by atoms with Crippen LogP contribution in [-0.2, 0) is 66.6 Å². The van der Waals surface area contributed by atoms with Crippen LogP contribution in [0.3, 0.4) is 0 Å². The molecule has 8 N–H and O–H groups in total. The summed E-state index contributed by atoms with van der Waals surface area (Å²) in [6.45, 7) is 7.54. The number of urea groups is 5. The number of nitrogens with zero attached hydrogens (tertiary/aromatic N) is 15. The van der Waals surface area contributed by atoms with Crippen LogP contribution in [0.5, 0.6) is 0 Å². The topological polar surface area (TPSA) is 598 Å². The summed E-state index contributed by atoms with van der Waals surface area (Å²) in [7, 11) is 5.50. The van der Waals surface area contributed by atoms with Crippen LogP contribution in [0, 0.1) is 21.6 Å². The van der Waals surface area contributed by atoms with Gasteiger partial charge in [-0.3, -0.25) is 31.7 Å². The molecule has 10 atom stereocenters. The number of alkyl halides is 9. The molecular formula is C70H76B4BrF8Li2N20O27+. The van der Waals surface area contributed by atoms with Crippen LogP contribution in [-0.4, -0.2) is 332 Å². The van der Waals surface area contributed by atoms with E-state index in [0.717, 1.165) is 43.1 Å². The molecule has 15 rings (SSSR count). The van der Waals surface area contributed by atoms with Crippen LogP contribution in [0.4, 0.5) is 59.1 Å². The van der Waals surface area contributed by atoms with Crippen molar-refractivity contribution in [3.63, 3.8) is 0 Å². The summed E-state index contributed by atoms with van der Waals surface area (Å²) in [5.41, 5.74) is 6.40. The molecule has 4 radical (unpaired) electrons. The van der Waals surface area contributed by atoms with Gasteiger partial charge in [-0.15, -0.1) is 6.58 Å². The van der Waals surface area contributed by atoms with Crippen LogP contribution >= 0.6 is 15.9 Å². The van der Waals surface area contributed by atoms with Crippen molar-refractivity contribution in [2.75, 3.05) is 59.1 Å². The van der Waals surface area contributed by atoms with Crippen LogP contribution < -0.4 is 53.7 Å². The molecule has 47 nitrogen and oxygen atoms in total. The first-order chi connectivity index (χ1) is 61.5. The molecule has 0 aliphatic carbocycles. The number of hydrogen-bond donors (Lipinski definition) is 6. The molecule has 5 fully saturated rings. The molecule has 10 aliphatic rings. The van der Waals surface area contributed by atoms with Crippen molar-refractivity contribution in [1.82, 2.24) is 74.7 Å². The molecule has 132 heavy (non-hydrogen) atoms. The van der Waals surface area contributed by atoms with Gasteiger partial charge in [0.05, 0.1) is 90.1 Å². The Kier molecular flexibility index (Phi) is 38.6. The molecule has 0 spiro atoms. The number of nitrogens with one attached hydrogen (secondary N) is 4. The second-order valence-electron chi connectivity index (χ2n) is 27.0. The summed E-state index contributed by atoms with van der Waals surface area (Å²) in [6.07, 6.45) is 14.2. The molecule has 694 valence electrons. The number of ether oxygens (including phenoxy) is 2. The minimum atomic E-state index is -4.69. The number of oxazole rings is 5. The maximum atomic E-state index is 14.1. The number of carboxylic acids is 2. The first-order valence-electron chi connectivity index (χ1n) is 37.7. The van der Waals surface area contributed by atoms with Crippen molar-refractivity contribution in [2.45, 2.75) is 130 Å². The number of amides is 10. The predicted octanol–water partition coefficient (Wildman–Crippen LogP) is -3.06. The Morgan fingerprint density at radius 1 is 0.477 bits per heavy atom. The third kappa shape index (κ3) is 24.9. The largest absolute Gasteiger partial charge is 1.00 e. The SMILES string of the molecule is C.C=CCON1C(=O)N2CC1C(c1cnco1)=C[C@H]2C[B]OC=N.CCOC(=O)C(F)(F)Br.CCOC(=O)C(F)(F)ON1C(=O)N2CC1C(c1cnco1)=C[C@H]2C[B]OC=N.N=CO[B]C[C@@H]1C=C(c2cnco2)C2CN1C(=O)N2O.N=CO[B]C[C@@H]1C=C(c2cnco2)C2CN1C(=O)N2OC(F)(F)C(=O)[O-].[Li+].[Li+].[NH3+]C[C@@H]1C=C(c2cnco2)C2CN1C(=O)N2OC(F)(F)C(=O)[O-]. The Balaban J connectivity index is 0.000000220. The number of quaternary nitrogens is 1. The molecule has 5 aromatic rings. The van der Waals surface area contributed by atoms with Gasteiger partial charge in [0, 0.05) is 68.0 Å². The van der Waals surface area contributed by atoms with Gasteiger partial charge in [0.15, 0.2) is 60.8 Å². The second kappa shape index (κ2) is 47.7. The van der Waals surface area contributed by atoms with Gasteiger partial charge >= 0.3 is 133 Å². The fourth-order valence-electron chi connectivity index (χ4n) is 13.9. The van der Waals surface area contributed by atoms with E-state index in [4.69, 9.17) is 67.2 Å². The summed E-state index contributed by atoms with van der Waals surface area (Å²) >= 11 is 1.84. The Morgan fingerprint density at radius 3 is 1.01 bits per heavy atom. The number of rotatable bonds is 37. The second-order valence-corrected chi connectivity index (χ2v) is 28.0. The van der Waals surface area contributed by atoms with Crippen molar-refractivity contribution in [1.29, 1.82) is 21.6 Å². The zero-order chi connectivity index (χ0) is 93.8. The van der Waals surface area contributed by atoms with Gasteiger partial charge in [-0.25, -0.2) is 58.5 Å². The molecule has 10 amide bonds. The molecule has 10 aliphatic heterocycles. The fraction of sp³-hybridized carbons (Fsp3) is 0.429. The smallest absolute Gasteiger partial charge is 0.556 e. The van der Waals surface area contributed by atoms with Crippen molar-refractivity contribution in [2.24, 2.45) is 0 Å². The normalized spacial score (nSPS) is 21.6. The van der Waals surface area contributed by atoms with Crippen LogP contribution in [0.15, 0.2) is 128 Å². The van der Waals surface area contributed by atoms with Crippen molar-refractivity contribution < 1.29 is 207 Å². The maximum absolute atomic E-state index is 14.1. The molecule has 5 unspecified atom stereocenters. The zero-order valence-electron chi connectivity index (χ0n) is 68.9. The number of aromatic nitrogens is 5. The third-order valence-electron chi connectivity index (χ3n) is 19.5. The minimum absolute atomic E-state index is 0. The van der Waals surface area contributed by atoms with Gasteiger partial charge in [-0.05, 0) is 45.2 Å². The van der Waals surface area contributed by atoms with Crippen LogP contribution in [0.25, 0.3) is 27.9 Å². The van der Waals surface area contributed by atoms with E-state index in [1.807, 2.05) is 28.1 Å². The van der Waals surface area contributed by atoms with E-state index in [1.54, 1.807) is 46.5 Å². The summed E-state index contributed by atoms with van der Waals surface area (Å²) in [5, 5.41) is 61.4. The monoisotopic (exact) mass is 1920 g/mol. The molecule has 0 saturated carbocycles. The Morgan fingerprint density at radius 2 is 0.742 bits per heavy atom. The number of fused-ring (bicyclic) bond motifs is 10. The van der Waals surface area contributed by atoms with Crippen LogP contribution in [0.2, 0.25) is 25.3 Å². The van der Waals surface area contributed by atoms with E-state index in [-0.39, 0.29) is 139 Å². The number of carbonyl (C=O) groups excluding carboxylic acids is 9. The fourth-order valence-corrected chi connectivity index (χ4v) is 14.0. The average molecular weight is 1920 g/mol. The first kappa shape index (κ1) is 107. The molecule has 5 aromatic heterocycles. The van der Waals surface area contributed by atoms with Gasteiger partial charge < -0.3 is 100 Å². The number of carbonyl (C=O) groups is 9. The van der Waals surface area contributed by atoms with Gasteiger partial charge in [0.2, 0.25) is 0 Å². The number of halogens is 9. The maximum Gasteiger partial charge on any atom is 1.00 e. The van der Waals surface area contributed by atoms with Crippen molar-refractivity contribution in [3.8, 4) is 0 Å². The summed E-state index contributed by atoms with van der Waals surface area (Å²) in [5.74, 6) is -7.06. The zero-order valence-corrected chi connectivity index (χ0v) is 70.5.